The van der Waals surface area contributed by atoms with Gasteiger partial charge in [0.2, 0.25) is 0 Å². The van der Waals surface area contributed by atoms with Crippen molar-refractivity contribution in [2.24, 2.45) is 4.99 Å². The molecule has 0 unspecified atom stereocenters. The first-order valence-corrected chi connectivity index (χ1v) is 10.7. The molecule has 0 spiro atoms. The molecule has 2 N–H and O–H groups in total. The molecule has 156 valence electrons. The van der Waals surface area contributed by atoms with Gasteiger partial charge in [-0.2, -0.15) is 0 Å². The van der Waals surface area contributed by atoms with Crippen molar-refractivity contribution in [1.82, 2.24) is 25.4 Å². The highest BCUT2D eigenvalue weighted by atomic mass is 127. The molecule has 6 nitrogen and oxygen atoms in total. The lowest BCUT2D eigenvalue weighted by atomic mass is 10.2. The molecule has 0 aliphatic heterocycles. The maximum atomic E-state index is 4.74. The minimum Gasteiger partial charge on any atom is -0.356 e. The summed E-state index contributed by atoms with van der Waals surface area (Å²) in [5.41, 5.74) is 1.19. The molecule has 0 saturated heterocycles. The molecule has 0 fully saturated rings. The summed E-state index contributed by atoms with van der Waals surface area (Å²) in [6, 6.07) is 8.29. The number of nitrogens with one attached hydrogen (secondary N) is 2. The van der Waals surface area contributed by atoms with E-state index in [0.29, 0.717) is 6.54 Å². The quantitative estimate of drug-likeness (QED) is 0.183. The summed E-state index contributed by atoms with van der Waals surface area (Å²) >= 11 is 3.47. The third-order valence-electron chi connectivity index (χ3n) is 4.31. The van der Waals surface area contributed by atoms with Crippen LogP contribution >= 0.6 is 39.9 Å². The standard InChI is InChI=1S/C20H31BrN6.HI/c1-3-5-6-7-12-22-20(24-15-17-8-10-18(21)11-9-17)23-13-14-27-16-25-26-19(27)4-2;/h8-11,16H,3-7,12-15H2,1-2H3,(H2,22,23,24);1H. The number of benzene rings is 1. The second-order valence-electron chi connectivity index (χ2n) is 6.50. The molecule has 2 aromatic rings. The van der Waals surface area contributed by atoms with E-state index in [9.17, 15) is 0 Å². The number of hydrogen-bond acceptors (Lipinski definition) is 3. The predicted octanol–water partition coefficient (Wildman–Crippen LogP) is 4.54. The number of aliphatic imine (C=N–C) groups is 1. The third-order valence-corrected chi connectivity index (χ3v) is 4.84. The number of aryl methyl sites for hydroxylation is 1. The van der Waals surface area contributed by atoms with Crippen molar-refractivity contribution in [3.63, 3.8) is 0 Å². The molecule has 0 radical (unpaired) electrons. The normalized spacial score (nSPS) is 11.2. The van der Waals surface area contributed by atoms with Gasteiger partial charge in [-0.3, -0.25) is 0 Å². The Kier molecular flexibility index (Phi) is 13.1. The summed E-state index contributed by atoms with van der Waals surface area (Å²) in [7, 11) is 0. The summed E-state index contributed by atoms with van der Waals surface area (Å²) in [5, 5.41) is 15.0. The van der Waals surface area contributed by atoms with Crippen LogP contribution in [0.2, 0.25) is 0 Å². The van der Waals surface area contributed by atoms with Crippen molar-refractivity contribution in [3.05, 3.63) is 46.5 Å². The van der Waals surface area contributed by atoms with E-state index >= 15 is 0 Å². The largest absolute Gasteiger partial charge is 0.356 e. The van der Waals surface area contributed by atoms with E-state index in [0.717, 1.165) is 48.7 Å². The van der Waals surface area contributed by atoms with E-state index in [-0.39, 0.29) is 24.0 Å². The Morgan fingerprint density at radius 1 is 1.07 bits per heavy atom. The Balaban J connectivity index is 0.00000392. The van der Waals surface area contributed by atoms with Crippen LogP contribution in [0.25, 0.3) is 0 Å². The summed E-state index contributed by atoms with van der Waals surface area (Å²) in [6.07, 6.45) is 7.63. The van der Waals surface area contributed by atoms with Crippen LogP contribution in [0.4, 0.5) is 0 Å². The fourth-order valence-corrected chi connectivity index (χ4v) is 2.99. The lowest BCUT2D eigenvalue weighted by Crippen LogP contribution is -2.39. The SMILES string of the molecule is CCCCCCNC(=NCc1ccc(Br)cc1)NCCn1cnnc1CC.I. The second kappa shape index (κ2) is 14.8. The van der Waals surface area contributed by atoms with Crippen molar-refractivity contribution >= 4 is 45.9 Å². The highest BCUT2D eigenvalue weighted by Gasteiger charge is 2.03. The van der Waals surface area contributed by atoms with E-state index in [4.69, 9.17) is 4.99 Å². The zero-order chi connectivity index (χ0) is 19.3. The van der Waals surface area contributed by atoms with Gasteiger partial charge in [0.15, 0.2) is 5.96 Å². The van der Waals surface area contributed by atoms with E-state index in [1.807, 2.05) is 0 Å². The van der Waals surface area contributed by atoms with Crippen LogP contribution in [0.15, 0.2) is 40.1 Å². The van der Waals surface area contributed by atoms with Crippen LogP contribution < -0.4 is 10.6 Å². The molecule has 0 saturated carbocycles. The van der Waals surface area contributed by atoms with E-state index in [2.05, 4.69) is 79.4 Å². The van der Waals surface area contributed by atoms with Gasteiger partial charge in [0, 0.05) is 30.5 Å². The Bertz CT molecular complexity index is 686. The number of hydrogen-bond donors (Lipinski definition) is 2. The van der Waals surface area contributed by atoms with Gasteiger partial charge in [0.25, 0.3) is 0 Å². The summed E-state index contributed by atoms with van der Waals surface area (Å²) in [5.74, 6) is 1.87. The van der Waals surface area contributed by atoms with Crippen molar-refractivity contribution in [2.75, 3.05) is 13.1 Å². The first-order valence-electron chi connectivity index (χ1n) is 9.86. The maximum Gasteiger partial charge on any atom is 0.191 e. The monoisotopic (exact) mass is 562 g/mol. The molecule has 2 rings (SSSR count). The minimum absolute atomic E-state index is 0. The van der Waals surface area contributed by atoms with Crippen LogP contribution in [0.3, 0.4) is 0 Å². The smallest absolute Gasteiger partial charge is 0.191 e. The van der Waals surface area contributed by atoms with Gasteiger partial charge in [-0.05, 0) is 24.1 Å². The van der Waals surface area contributed by atoms with Crippen molar-refractivity contribution in [2.45, 2.75) is 59.0 Å². The van der Waals surface area contributed by atoms with Gasteiger partial charge in [-0.1, -0.05) is 61.2 Å². The number of halogens is 2. The molecule has 1 heterocycles. The van der Waals surface area contributed by atoms with E-state index in [1.54, 1.807) is 6.33 Å². The Labute approximate surface area is 194 Å². The van der Waals surface area contributed by atoms with Crippen molar-refractivity contribution in [1.29, 1.82) is 0 Å². The molecule has 0 aliphatic carbocycles. The molecule has 0 amide bonds. The molecular weight excluding hydrogens is 531 g/mol. The molecule has 1 aromatic heterocycles. The number of aromatic nitrogens is 3. The van der Waals surface area contributed by atoms with Crippen LogP contribution in [0.5, 0.6) is 0 Å². The molecule has 1 aromatic carbocycles. The zero-order valence-corrected chi connectivity index (χ0v) is 20.7. The van der Waals surface area contributed by atoms with Crippen LogP contribution in [-0.2, 0) is 19.5 Å². The van der Waals surface area contributed by atoms with Gasteiger partial charge >= 0.3 is 0 Å². The summed E-state index contributed by atoms with van der Waals surface area (Å²) in [6.45, 7) is 7.53. The first-order chi connectivity index (χ1) is 13.2. The molecule has 8 heteroatoms. The van der Waals surface area contributed by atoms with Crippen LogP contribution in [-0.4, -0.2) is 33.8 Å². The highest BCUT2D eigenvalue weighted by Crippen LogP contribution is 2.11. The highest BCUT2D eigenvalue weighted by molar-refractivity contribution is 14.0. The van der Waals surface area contributed by atoms with Crippen molar-refractivity contribution in [3.8, 4) is 0 Å². The second-order valence-corrected chi connectivity index (χ2v) is 7.42. The van der Waals surface area contributed by atoms with Crippen LogP contribution in [0, 0.1) is 0 Å². The zero-order valence-electron chi connectivity index (χ0n) is 16.8. The number of guanidine groups is 1. The number of rotatable bonds is 11. The Morgan fingerprint density at radius 2 is 1.82 bits per heavy atom. The molecule has 0 atom stereocenters. The Morgan fingerprint density at radius 3 is 2.54 bits per heavy atom. The van der Waals surface area contributed by atoms with Crippen molar-refractivity contribution < 1.29 is 0 Å². The van der Waals surface area contributed by atoms with Gasteiger partial charge in [0.1, 0.15) is 12.2 Å². The fraction of sp³-hybridized carbons (Fsp3) is 0.550. The van der Waals surface area contributed by atoms with Gasteiger partial charge in [-0.25, -0.2) is 4.99 Å². The topological polar surface area (TPSA) is 67.1 Å². The van der Waals surface area contributed by atoms with Gasteiger partial charge in [0.05, 0.1) is 6.54 Å². The maximum absolute atomic E-state index is 4.74. The van der Waals surface area contributed by atoms with Gasteiger partial charge in [-0.15, -0.1) is 34.2 Å². The molecular formula is C20H32BrIN6. The Hall–Kier alpha value is -1.16. The molecule has 28 heavy (non-hydrogen) atoms. The lowest BCUT2D eigenvalue weighted by Gasteiger charge is -2.13. The summed E-state index contributed by atoms with van der Waals surface area (Å²) < 4.78 is 3.17. The summed E-state index contributed by atoms with van der Waals surface area (Å²) in [4.78, 5) is 4.74. The minimum atomic E-state index is 0. The molecule has 0 aliphatic rings. The predicted molar refractivity (Wildman–Crippen MR) is 130 cm³/mol. The third kappa shape index (κ3) is 9.36. The van der Waals surface area contributed by atoms with E-state index in [1.165, 1.54) is 24.8 Å². The number of nitrogens with zero attached hydrogens (tertiary/aromatic N) is 4. The van der Waals surface area contributed by atoms with Gasteiger partial charge < -0.3 is 15.2 Å². The fourth-order valence-electron chi connectivity index (χ4n) is 2.73. The number of unbranched alkanes of at least 4 members (excludes halogenated alkanes) is 3. The average Bonchev–Trinajstić information content (AvgIpc) is 3.14. The molecule has 0 bridgehead atoms. The average molecular weight is 563 g/mol. The first kappa shape index (κ1) is 24.9. The van der Waals surface area contributed by atoms with E-state index < -0.39 is 0 Å². The lowest BCUT2D eigenvalue weighted by molar-refractivity contribution is 0.620. The van der Waals surface area contributed by atoms with Crippen LogP contribution in [0.1, 0.15) is 50.9 Å².